The Hall–Kier alpha value is -1.39. The lowest BCUT2D eigenvalue weighted by Crippen LogP contribution is -2.47. The maximum Gasteiger partial charge on any atom is 0.251 e. The quantitative estimate of drug-likeness (QED) is 0.868. The van der Waals surface area contributed by atoms with Gasteiger partial charge < -0.3 is 15.4 Å². The summed E-state index contributed by atoms with van der Waals surface area (Å²) < 4.78 is 5.61. The molecule has 0 saturated carbocycles. The van der Waals surface area contributed by atoms with Gasteiger partial charge in [0, 0.05) is 31.3 Å². The van der Waals surface area contributed by atoms with Crippen LogP contribution in [0.25, 0.3) is 0 Å². The number of carbonyl (C=O) groups is 1. The molecule has 2 rings (SSSR count). The average Bonchev–Trinajstić information content (AvgIpc) is 2.77. The SMILES string of the molecule is CNC(=O)c1ccc(CNC2(C)CCOC2C)cc1. The van der Waals surface area contributed by atoms with Crippen LogP contribution in [0.5, 0.6) is 0 Å². The third-order valence-corrected chi connectivity index (χ3v) is 4.03. The highest BCUT2D eigenvalue weighted by atomic mass is 16.5. The van der Waals surface area contributed by atoms with Gasteiger partial charge in [-0.1, -0.05) is 12.1 Å². The molecule has 0 spiro atoms. The molecule has 1 amide bonds. The molecular formula is C15H22N2O2. The van der Waals surface area contributed by atoms with Crippen molar-refractivity contribution in [3.63, 3.8) is 0 Å². The highest BCUT2D eigenvalue weighted by Crippen LogP contribution is 2.25. The first-order valence-electron chi connectivity index (χ1n) is 6.73. The smallest absolute Gasteiger partial charge is 0.251 e. The van der Waals surface area contributed by atoms with Gasteiger partial charge in [0.05, 0.1) is 6.10 Å². The van der Waals surface area contributed by atoms with E-state index in [1.807, 2.05) is 24.3 Å². The number of amides is 1. The van der Waals surface area contributed by atoms with Crippen molar-refractivity contribution in [2.45, 2.75) is 38.5 Å². The van der Waals surface area contributed by atoms with Crippen molar-refractivity contribution in [1.82, 2.24) is 10.6 Å². The minimum atomic E-state index is -0.0516. The highest BCUT2D eigenvalue weighted by Gasteiger charge is 2.36. The lowest BCUT2D eigenvalue weighted by molar-refractivity contribution is 0.0881. The second-order valence-corrected chi connectivity index (χ2v) is 5.31. The third-order valence-electron chi connectivity index (χ3n) is 4.03. The molecule has 104 valence electrons. The molecule has 1 aromatic carbocycles. The van der Waals surface area contributed by atoms with E-state index in [-0.39, 0.29) is 17.6 Å². The molecule has 1 saturated heterocycles. The zero-order chi connectivity index (χ0) is 13.9. The zero-order valence-electron chi connectivity index (χ0n) is 11.8. The van der Waals surface area contributed by atoms with Crippen molar-refractivity contribution < 1.29 is 9.53 Å². The van der Waals surface area contributed by atoms with Gasteiger partial charge in [0.15, 0.2) is 0 Å². The number of carbonyl (C=O) groups excluding carboxylic acids is 1. The van der Waals surface area contributed by atoms with Gasteiger partial charge in [-0.2, -0.15) is 0 Å². The van der Waals surface area contributed by atoms with Crippen LogP contribution in [-0.4, -0.2) is 31.2 Å². The van der Waals surface area contributed by atoms with Crippen LogP contribution in [0.3, 0.4) is 0 Å². The van der Waals surface area contributed by atoms with E-state index in [0.717, 1.165) is 19.6 Å². The molecule has 1 heterocycles. The van der Waals surface area contributed by atoms with Gasteiger partial charge in [-0.25, -0.2) is 0 Å². The molecule has 1 aliphatic heterocycles. The van der Waals surface area contributed by atoms with Crippen LogP contribution in [0.4, 0.5) is 0 Å². The molecule has 4 heteroatoms. The number of hydrogen-bond acceptors (Lipinski definition) is 3. The topological polar surface area (TPSA) is 50.4 Å². The molecule has 1 aromatic rings. The van der Waals surface area contributed by atoms with Crippen LogP contribution >= 0.6 is 0 Å². The number of ether oxygens (including phenoxy) is 1. The molecule has 19 heavy (non-hydrogen) atoms. The first-order valence-corrected chi connectivity index (χ1v) is 6.73. The number of hydrogen-bond donors (Lipinski definition) is 2. The van der Waals surface area contributed by atoms with Gasteiger partial charge in [-0.15, -0.1) is 0 Å². The van der Waals surface area contributed by atoms with Gasteiger partial charge >= 0.3 is 0 Å². The Bertz CT molecular complexity index is 444. The zero-order valence-corrected chi connectivity index (χ0v) is 11.8. The van der Waals surface area contributed by atoms with Gasteiger partial charge in [0.1, 0.15) is 0 Å². The Kier molecular flexibility index (Phi) is 4.22. The molecular weight excluding hydrogens is 240 g/mol. The van der Waals surface area contributed by atoms with E-state index in [4.69, 9.17) is 4.74 Å². The fraction of sp³-hybridized carbons (Fsp3) is 0.533. The van der Waals surface area contributed by atoms with Crippen molar-refractivity contribution >= 4 is 5.91 Å². The third kappa shape index (κ3) is 3.14. The summed E-state index contributed by atoms with van der Waals surface area (Å²) >= 11 is 0. The molecule has 0 bridgehead atoms. The summed E-state index contributed by atoms with van der Waals surface area (Å²) in [5.74, 6) is -0.0516. The second-order valence-electron chi connectivity index (χ2n) is 5.31. The normalized spacial score (nSPS) is 26.4. The fourth-order valence-electron chi connectivity index (χ4n) is 2.29. The maximum absolute atomic E-state index is 11.4. The Morgan fingerprint density at radius 1 is 1.42 bits per heavy atom. The van der Waals surface area contributed by atoms with Gasteiger partial charge in [0.2, 0.25) is 0 Å². The lowest BCUT2D eigenvalue weighted by Gasteiger charge is -2.29. The number of rotatable bonds is 4. The van der Waals surface area contributed by atoms with Crippen LogP contribution in [-0.2, 0) is 11.3 Å². The van der Waals surface area contributed by atoms with E-state index >= 15 is 0 Å². The van der Waals surface area contributed by atoms with Crippen molar-refractivity contribution in [3.05, 3.63) is 35.4 Å². The largest absolute Gasteiger partial charge is 0.377 e. The average molecular weight is 262 g/mol. The molecule has 2 unspecified atom stereocenters. The van der Waals surface area contributed by atoms with E-state index < -0.39 is 0 Å². The van der Waals surface area contributed by atoms with E-state index in [0.29, 0.717) is 5.56 Å². The molecule has 0 aliphatic carbocycles. The van der Waals surface area contributed by atoms with Crippen molar-refractivity contribution in [2.24, 2.45) is 0 Å². The van der Waals surface area contributed by atoms with Crippen molar-refractivity contribution in [3.8, 4) is 0 Å². The number of nitrogens with one attached hydrogen (secondary N) is 2. The van der Waals surface area contributed by atoms with Gasteiger partial charge in [0.25, 0.3) is 5.91 Å². The summed E-state index contributed by atoms with van der Waals surface area (Å²) in [4.78, 5) is 11.4. The highest BCUT2D eigenvalue weighted by molar-refractivity contribution is 5.93. The number of benzene rings is 1. The predicted octanol–water partition coefficient (Wildman–Crippen LogP) is 1.70. The molecule has 2 atom stereocenters. The molecule has 0 radical (unpaired) electrons. The minimum Gasteiger partial charge on any atom is -0.377 e. The van der Waals surface area contributed by atoms with Crippen LogP contribution < -0.4 is 10.6 Å². The van der Waals surface area contributed by atoms with Crippen molar-refractivity contribution in [2.75, 3.05) is 13.7 Å². The Balaban J connectivity index is 1.95. The summed E-state index contributed by atoms with van der Waals surface area (Å²) in [6.07, 6.45) is 1.27. The summed E-state index contributed by atoms with van der Waals surface area (Å²) in [5.41, 5.74) is 1.91. The van der Waals surface area contributed by atoms with Gasteiger partial charge in [-0.05, 0) is 38.0 Å². The molecule has 0 aromatic heterocycles. The first-order chi connectivity index (χ1) is 9.05. The summed E-state index contributed by atoms with van der Waals surface area (Å²) in [6, 6.07) is 7.68. The molecule has 2 N–H and O–H groups in total. The molecule has 1 fully saturated rings. The monoisotopic (exact) mass is 262 g/mol. The Morgan fingerprint density at radius 3 is 2.63 bits per heavy atom. The van der Waals surface area contributed by atoms with E-state index in [1.165, 1.54) is 5.56 Å². The minimum absolute atomic E-state index is 0.0411. The molecule has 4 nitrogen and oxygen atoms in total. The van der Waals surface area contributed by atoms with Crippen LogP contribution in [0.1, 0.15) is 36.2 Å². The van der Waals surface area contributed by atoms with Crippen LogP contribution in [0.2, 0.25) is 0 Å². The Labute approximate surface area is 114 Å². The van der Waals surface area contributed by atoms with Crippen molar-refractivity contribution in [1.29, 1.82) is 0 Å². The van der Waals surface area contributed by atoms with Gasteiger partial charge in [-0.3, -0.25) is 4.79 Å². The van der Waals surface area contributed by atoms with E-state index in [9.17, 15) is 4.79 Å². The molecule has 1 aliphatic rings. The second kappa shape index (κ2) is 5.72. The maximum atomic E-state index is 11.4. The van der Waals surface area contributed by atoms with Crippen LogP contribution in [0.15, 0.2) is 24.3 Å². The van der Waals surface area contributed by atoms with E-state index in [1.54, 1.807) is 7.05 Å². The predicted molar refractivity (Wildman–Crippen MR) is 75.1 cm³/mol. The summed E-state index contributed by atoms with van der Waals surface area (Å²) in [6.45, 7) is 5.91. The lowest BCUT2D eigenvalue weighted by atomic mass is 9.94. The first kappa shape index (κ1) is 14.0. The summed E-state index contributed by atoms with van der Waals surface area (Å²) in [5, 5.41) is 6.18. The van der Waals surface area contributed by atoms with E-state index in [2.05, 4.69) is 24.5 Å². The summed E-state index contributed by atoms with van der Waals surface area (Å²) in [7, 11) is 1.64. The van der Waals surface area contributed by atoms with Crippen LogP contribution in [0, 0.1) is 0 Å². The Morgan fingerprint density at radius 2 is 2.11 bits per heavy atom. The standard InChI is InChI=1S/C15H22N2O2/c1-11-15(2,8-9-19-11)17-10-12-4-6-13(7-5-12)14(18)16-3/h4-7,11,17H,8-10H2,1-3H3,(H,16,18). The fourth-order valence-corrected chi connectivity index (χ4v) is 2.29.